The minimum absolute atomic E-state index is 0.0979. The zero-order valence-corrected chi connectivity index (χ0v) is 19.0. The standard InChI is InChI=1S/C25H26N4O4/c1-5-33-25(32)17-7-6-8-18-19(17)22(30)20(23-26-13-14-29(23)4)21(27-18)15-9-11-16(12-10-15)24(31)28(2)3/h6-14,20-21,27H,5H2,1-4H3. The maximum absolute atomic E-state index is 13.9. The van der Waals surface area contributed by atoms with Crippen molar-refractivity contribution in [3.05, 3.63) is 82.9 Å². The van der Waals surface area contributed by atoms with Crippen LogP contribution in [0.25, 0.3) is 0 Å². The van der Waals surface area contributed by atoms with Gasteiger partial charge in [-0.3, -0.25) is 9.59 Å². The zero-order chi connectivity index (χ0) is 23.7. The van der Waals surface area contributed by atoms with Crippen LogP contribution in [0, 0.1) is 0 Å². The molecule has 0 saturated heterocycles. The van der Waals surface area contributed by atoms with E-state index in [4.69, 9.17) is 4.74 Å². The number of aryl methyl sites for hydroxylation is 1. The summed E-state index contributed by atoms with van der Waals surface area (Å²) >= 11 is 0. The molecule has 1 amide bonds. The van der Waals surface area contributed by atoms with Gasteiger partial charge in [0.25, 0.3) is 5.91 Å². The number of esters is 1. The first-order chi connectivity index (χ1) is 15.8. The van der Waals surface area contributed by atoms with Crippen LogP contribution in [0.4, 0.5) is 5.69 Å². The summed E-state index contributed by atoms with van der Waals surface area (Å²) in [7, 11) is 5.23. The number of imidazole rings is 1. The van der Waals surface area contributed by atoms with E-state index in [-0.39, 0.29) is 23.9 Å². The third kappa shape index (κ3) is 4.00. The van der Waals surface area contributed by atoms with E-state index in [1.54, 1.807) is 68.3 Å². The average molecular weight is 447 g/mol. The molecule has 1 aromatic heterocycles. The second kappa shape index (κ2) is 8.90. The zero-order valence-electron chi connectivity index (χ0n) is 19.0. The van der Waals surface area contributed by atoms with Crippen molar-refractivity contribution in [2.24, 2.45) is 7.05 Å². The predicted octanol–water partition coefficient (Wildman–Crippen LogP) is 3.43. The topological polar surface area (TPSA) is 93.5 Å². The molecule has 8 nitrogen and oxygen atoms in total. The fourth-order valence-corrected chi connectivity index (χ4v) is 4.18. The number of fused-ring (bicyclic) bond motifs is 1. The highest BCUT2D eigenvalue weighted by Gasteiger charge is 2.41. The van der Waals surface area contributed by atoms with Crippen LogP contribution >= 0.6 is 0 Å². The first kappa shape index (κ1) is 22.3. The molecule has 0 spiro atoms. The largest absolute Gasteiger partial charge is 0.462 e. The van der Waals surface area contributed by atoms with Crippen molar-refractivity contribution in [3.63, 3.8) is 0 Å². The van der Waals surface area contributed by atoms with Crippen molar-refractivity contribution in [2.45, 2.75) is 18.9 Å². The molecule has 2 unspecified atom stereocenters. The predicted molar refractivity (Wildman–Crippen MR) is 124 cm³/mol. The Morgan fingerprint density at radius 1 is 1.15 bits per heavy atom. The normalized spacial score (nSPS) is 17.2. The lowest BCUT2D eigenvalue weighted by atomic mass is 9.80. The molecule has 2 aromatic carbocycles. The molecule has 33 heavy (non-hydrogen) atoms. The van der Waals surface area contributed by atoms with Crippen molar-refractivity contribution in [1.29, 1.82) is 0 Å². The Labute approximate surface area is 192 Å². The number of carbonyl (C=O) groups is 3. The second-order valence-electron chi connectivity index (χ2n) is 8.13. The number of nitrogens with zero attached hydrogens (tertiary/aromatic N) is 3. The van der Waals surface area contributed by atoms with Crippen LogP contribution < -0.4 is 5.32 Å². The van der Waals surface area contributed by atoms with Gasteiger partial charge in [-0.05, 0) is 36.8 Å². The number of aromatic nitrogens is 2. The number of ether oxygens (including phenoxy) is 1. The number of anilines is 1. The van der Waals surface area contributed by atoms with Crippen LogP contribution in [-0.4, -0.2) is 52.8 Å². The van der Waals surface area contributed by atoms with E-state index < -0.39 is 17.9 Å². The second-order valence-corrected chi connectivity index (χ2v) is 8.13. The highest BCUT2D eigenvalue weighted by atomic mass is 16.5. The van der Waals surface area contributed by atoms with E-state index in [1.807, 2.05) is 19.2 Å². The number of rotatable bonds is 5. The van der Waals surface area contributed by atoms with Crippen LogP contribution in [0.15, 0.2) is 54.9 Å². The molecule has 1 N–H and O–H groups in total. The first-order valence-electron chi connectivity index (χ1n) is 10.7. The van der Waals surface area contributed by atoms with Gasteiger partial charge in [0, 0.05) is 44.8 Å². The van der Waals surface area contributed by atoms with Crippen LogP contribution in [-0.2, 0) is 11.8 Å². The Bertz CT molecular complexity index is 1210. The number of nitrogens with one attached hydrogen (secondary N) is 1. The maximum Gasteiger partial charge on any atom is 0.338 e. The van der Waals surface area contributed by atoms with Gasteiger partial charge < -0.3 is 19.5 Å². The molecular weight excluding hydrogens is 420 g/mol. The fourth-order valence-electron chi connectivity index (χ4n) is 4.18. The lowest BCUT2D eigenvalue weighted by Crippen LogP contribution is -2.34. The van der Waals surface area contributed by atoms with Crippen molar-refractivity contribution in [1.82, 2.24) is 14.5 Å². The summed E-state index contributed by atoms with van der Waals surface area (Å²) in [6, 6.07) is 11.9. The van der Waals surface area contributed by atoms with E-state index in [1.165, 1.54) is 4.90 Å². The van der Waals surface area contributed by atoms with Gasteiger partial charge in [-0.1, -0.05) is 18.2 Å². The van der Waals surface area contributed by atoms with Gasteiger partial charge in [0.15, 0.2) is 5.78 Å². The maximum atomic E-state index is 13.9. The SMILES string of the molecule is CCOC(=O)c1cccc2c1C(=O)C(c1nccn1C)C(c1ccc(C(=O)N(C)C)cc1)N2. The minimum Gasteiger partial charge on any atom is -0.462 e. The first-order valence-corrected chi connectivity index (χ1v) is 10.7. The molecule has 1 aliphatic heterocycles. The Hall–Kier alpha value is -3.94. The molecule has 1 aliphatic rings. The fraction of sp³-hybridized carbons (Fsp3) is 0.280. The number of ketones is 1. The van der Waals surface area contributed by atoms with E-state index in [9.17, 15) is 14.4 Å². The summed E-state index contributed by atoms with van der Waals surface area (Å²) in [5.41, 5.74) is 2.49. The van der Waals surface area contributed by atoms with E-state index >= 15 is 0 Å². The molecule has 0 aliphatic carbocycles. The van der Waals surface area contributed by atoms with Gasteiger partial charge >= 0.3 is 5.97 Å². The lowest BCUT2D eigenvalue weighted by molar-refractivity contribution is 0.0522. The molecule has 0 saturated carbocycles. The molecule has 0 bridgehead atoms. The molecule has 0 radical (unpaired) electrons. The molecule has 0 fully saturated rings. The molecule has 2 atom stereocenters. The third-order valence-electron chi connectivity index (χ3n) is 5.79. The van der Waals surface area contributed by atoms with E-state index in [0.717, 1.165) is 5.56 Å². The number of hydrogen-bond acceptors (Lipinski definition) is 6. The van der Waals surface area contributed by atoms with Crippen LogP contribution in [0.2, 0.25) is 0 Å². The van der Waals surface area contributed by atoms with E-state index in [2.05, 4.69) is 10.3 Å². The average Bonchev–Trinajstić information content (AvgIpc) is 3.23. The van der Waals surface area contributed by atoms with Crippen molar-refractivity contribution in [3.8, 4) is 0 Å². The van der Waals surface area contributed by atoms with Crippen molar-refractivity contribution in [2.75, 3.05) is 26.0 Å². The Balaban J connectivity index is 1.82. The number of amides is 1. The quantitative estimate of drug-likeness (QED) is 0.604. The number of Topliss-reactive ketones (excluding diaryl/α,β-unsaturated/α-hetero) is 1. The summed E-state index contributed by atoms with van der Waals surface area (Å²) in [6.07, 6.45) is 3.43. The highest BCUT2D eigenvalue weighted by molar-refractivity contribution is 6.14. The summed E-state index contributed by atoms with van der Waals surface area (Å²) in [6.45, 7) is 1.94. The smallest absolute Gasteiger partial charge is 0.338 e. The van der Waals surface area contributed by atoms with Gasteiger partial charge in [-0.2, -0.15) is 0 Å². The van der Waals surface area contributed by atoms with Gasteiger partial charge in [-0.15, -0.1) is 0 Å². The molecule has 4 rings (SSSR count). The summed E-state index contributed by atoms with van der Waals surface area (Å²) in [5, 5.41) is 3.44. The number of benzene rings is 2. The molecule has 2 heterocycles. The van der Waals surface area contributed by atoms with Gasteiger partial charge in [0.2, 0.25) is 0 Å². The Morgan fingerprint density at radius 3 is 2.48 bits per heavy atom. The minimum atomic E-state index is -0.677. The molecule has 3 aromatic rings. The van der Waals surface area contributed by atoms with Crippen molar-refractivity contribution >= 4 is 23.3 Å². The molecule has 170 valence electrons. The van der Waals surface area contributed by atoms with Gasteiger partial charge in [-0.25, -0.2) is 9.78 Å². The number of carbonyl (C=O) groups excluding carboxylic acids is 3. The van der Waals surface area contributed by atoms with Gasteiger partial charge in [0.05, 0.1) is 23.8 Å². The Kier molecular flexibility index (Phi) is 6.00. The third-order valence-corrected chi connectivity index (χ3v) is 5.79. The van der Waals surface area contributed by atoms with E-state index in [0.29, 0.717) is 22.6 Å². The summed E-state index contributed by atoms with van der Waals surface area (Å²) in [4.78, 5) is 44.7. The molecule has 8 heteroatoms. The monoisotopic (exact) mass is 446 g/mol. The van der Waals surface area contributed by atoms with Gasteiger partial charge in [0.1, 0.15) is 11.7 Å². The van der Waals surface area contributed by atoms with Crippen LogP contribution in [0.1, 0.15) is 61.3 Å². The summed E-state index contributed by atoms with van der Waals surface area (Å²) in [5.74, 6) is -0.939. The highest BCUT2D eigenvalue weighted by Crippen LogP contribution is 2.43. The van der Waals surface area contributed by atoms with Crippen molar-refractivity contribution < 1.29 is 19.1 Å². The summed E-state index contributed by atoms with van der Waals surface area (Å²) < 4.78 is 6.99. The number of hydrogen-bond donors (Lipinski definition) is 1. The Morgan fingerprint density at radius 2 is 1.88 bits per heavy atom. The lowest BCUT2D eigenvalue weighted by Gasteiger charge is -2.34. The molecular formula is C25H26N4O4. The van der Waals surface area contributed by atoms with Crippen LogP contribution in [0.3, 0.4) is 0 Å². The van der Waals surface area contributed by atoms with Crippen LogP contribution in [0.5, 0.6) is 0 Å².